The molecule has 0 aliphatic carbocycles. The van der Waals surface area contributed by atoms with Crippen molar-refractivity contribution in [2.24, 2.45) is 5.41 Å². The van der Waals surface area contributed by atoms with Gasteiger partial charge in [0.25, 0.3) is 0 Å². The van der Waals surface area contributed by atoms with Crippen LogP contribution in [0, 0.1) is 5.41 Å². The van der Waals surface area contributed by atoms with E-state index in [0.29, 0.717) is 23.3 Å². The standard InChI is InChI=1S/C18H22ClN3O2/c1-18(2,3)17(23)22-9-5-7-13(11-22)16-20-15(21-24-16)12-6-4-8-14(19)10-12/h4,6,8,10,13H,5,7,9,11H2,1-3H3. The second kappa shape index (κ2) is 6.55. The highest BCUT2D eigenvalue weighted by molar-refractivity contribution is 6.30. The van der Waals surface area contributed by atoms with Gasteiger partial charge in [-0.25, -0.2) is 0 Å². The number of carbonyl (C=O) groups excluding carboxylic acids is 1. The molecule has 0 saturated carbocycles. The summed E-state index contributed by atoms with van der Waals surface area (Å²) in [5.41, 5.74) is 0.457. The van der Waals surface area contributed by atoms with E-state index in [4.69, 9.17) is 16.1 Å². The lowest BCUT2D eigenvalue weighted by atomic mass is 9.91. The number of hydrogen-bond donors (Lipinski definition) is 0. The molecule has 1 saturated heterocycles. The largest absolute Gasteiger partial charge is 0.341 e. The minimum Gasteiger partial charge on any atom is -0.341 e. The lowest BCUT2D eigenvalue weighted by Gasteiger charge is -2.35. The smallest absolute Gasteiger partial charge is 0.231 e. The summed E-state index contributed by atoms with van der Waals surface area (Å²) < 4.78 is 5.47. The van der Waals surface area contributed by atoms with Crippen LogP contribution >= 0.6 is 11.6 Å². The Hall–Kier alpha value is -1.88. The average molecular weight is 348 g/mol. The van der Waals surface area contributed by atoms with Gasteiger partial charge in [-0.1, -0.05) is 49.7 Å². The molecule has 1 aliphatic heterocycles. The predicted octanol–water partition coefficient (Wildman–Crippen LogP) is 4.14. The van der Waals surface area contributed by atoms with Gasteiger partial charge in [0.15, 0.2) is 0 Å². The number of rotatable bonds is 2. The fraction of sp³-hybridized carbons (Fsp3) is 0.500. The average Bonchev–Trinajstić information content (AvgIpc) is 3.03. The molecule has 5 nitrogen and oxygen atoms in total. The van der Waals surface area contributed by atoms with E-state index < -0.39 is 0 Å². The van der Waals surface area contributed by atoms with Crippen LogP contribution in [-0.2, 0) is 4.79 Å². The minimum atomic E-state index is -0.372. The second-order valence-corrected chi connectivity index (χ2v) is 7.74. The van der Waals surface area contributed by atoms with Crippen LogP contribution in [0.2, 0.25) is 5.02 Å². The van der Waals surface area contributed by atoms with Gasteiger partial charge >= 0.3 is 0 Å². The summed E-state index contributed by atoms with van der Waals surface area (Å²) in [5.74, 6) is 1.38. The third kappa shape index (κ3) is 3.61. The van der Waals surface area contributed by atoms with E-state index >= 15 is 0 Å². The lowest BCUT2D eigenvalue weighted by Crippen LogP contribution is -2.44. The molecule has 1 aromatic heterocycles. The van der Waals surface area contributed by atoms with Gasteiger partial charge in [-0.05, 0) is 25.0 Å². The highest BCUT2D eigenvalue weighted by atomic mass is 35.5. The Morgan fingerprint density at radius 2 is 2.17 bits per heavy atom. The van der Waals surface area contributed by atoms with E-state index in [1.165, 1.54) is 0 Å². The maximum Gasteiger partial charge on any atom is 0.231 e. The summed E-state index contributed by atoms with van der Waals surface area (Å²) in [6.45, 7) is 7.27. The molecular formula is C18H22ClN3O2. The molecule has 6 heteroatoms. The second-order valence-electron chi connectivity index (χ2n) is 7.31. The van der Waals surface area contributed by atoms with Crippen LogP contribution in [0.15, 0.2) is 28.8 Å². The number of carbonyl (C=O) groups is 1. The summed E-state index contributed by atoms with van der Waals surface area (Å²) in [5, 5.41) is 4.71. The summed E-state index contributed by atoms with van der Waals surface area (Å²) in [6, 6.07) is 7.38. The Morgan fingerprint density at radius 3 is 2.88 bits per heavy atom. The molecule has 1 aliphatic rings. The molecular weight excluding hydrogens is 326 g/mol. The van der Waals surface area contributed by atoms with Crippen molar-refractivity contribution >= 4 is 17.5 Å². The number of nitrogens with zero attached hydrogens (tertiary/aromatic N) is 3. The Labute approximate surface area is 147 Å². The Bertz CT molecular complexity index is 736. The Balaban J connectivity index is 1.76. The van der Waals surface area contributed by atoms with E-state index in [-0.39, 0.29) is 17.2 Å². The molecule has 24 heavy (non-hydrogen) atoms. The Kier molecular flexibility index (Phi) is 4.63. The van der Waals surface area contributed by atoms with Crippen molar-refractivity contribution in [2.75, 3.05) is 13.1 Å². The maximum absolute atomic E-state index is 12.5. The summed E-state index contributed by atoms with van der Waals surface area (Å²) in [7, 11) is 0. The van der Waals surface area contributed by atoms with Crippen molar-refractivity contribution in [1.29, 1.82) is 0 Å². The molecule has 0 radical (unpaired) electrons. The van der Waals surface area contributed by atoms with E-state index in [2.05, 4.69) is 10.1 Å². The topological polar surface area (TPSA) is 59.2 Å². The normalized spacial score (nSPS) is 18.7. The molecule has 1 fully saturated rings. The van der Waals surface area contributed by atoms with Gasteiger partial charge in [0, 0.05) is 29.1 Å². The predicted molar refractivity (Wildman–Crippen MR) is 92.8 cm³/mol. The molecule has 1 amide bonds. The fourth-order valence-corrected chi connectivity index (χ4v) is 3.17. The summed E-state index contributed by atoms with van der Waals surface area (Å²) >= 11 is 6.02. The van der Waals surface area contributed by atoms with Crippen LogP contribution in [0.25, 0.3) is 11.4 Å². The number of benzene rings is 1. The van der Waals surface area contributed by atoms with Gasteiger partial charge < -0.3 is 9.42 Å². The van der Waals surface area contributed by atoms with Gasteiger partial charge in [0.1, 0.15) is 0 Å². The van der Waals surface area contributed by atoms with E-state index in [1.807, 2.05) is 49.9 Å². The first-order valence-electron chi connectivity index (χ1n) is 8.23. The number of likely N-dealkylation sites (tertiary alicyclic amines) is 1. The van der Waals surface area contributed by atoms with Crippen molar-refractivity contribution in [2.45, 2.75) is 39.5 Å². The third-order valence-electron chi connectivity index (χ3n) is 4.22. The van der Waals surface area contributed by atoms with Crippen LogP contribution < -0.4 is 0 Å². The minimum absolute atomic E-state index is 0.0884. The zero-order valence-electron chi connectivity index (χ0n) is 14.3. The van der Waals surface area contributed by atoms with Crippen LogP contribution in [-0.4, -0.2) is 34.0 Å². The maximum atomic E-state index is 12.5. The molecule has 1 aromatic carbocycles. The summed E-state index contributed by atoms with van der Waals surface area (Å²) in [6.07, 6.45) is 1.90. The van der Waals surface area contributed by atoms with Gasteiger partial charge in [-0.2, -0.15) is 4.98 Å². The first-order valence-corrected chi connectivity index (χ1v) is 8.61. The number of hydrogen-bond acceptors (Lipinski definition) is 4. The van der Waals surface area contributed by atoms with Crippen LogP contribution in [0.5, 0.6) is 0 Å². The zero-order chi connectivity index (χ0) is 17.3. The fourth-order valence-electron chi connectivity index (χ4n) is 2.98. The first kappa shape index (κ1) is 17.0. The monoisotopic (exact) mass is 347 g/mol. The van der Waals surface area contributed by atoms with Gasteiger partial charge in [0.2, 0.25) is 17.6 Å². The van der Waals surface area contributed by atoms with Crippen LogP contribution in [0.4, 0.5) is 0 Å². The van der Waals surface area contributed by atoms with Crippen LogP contribution in [0.1, 0.15) is 45.4 Å². The molecule has 3 rings (SSSR count). The van der Waals surface area contributed by atoms with Gasteiger partial charge in [-0.15, -0.1) is 0 Å². The van der Waals surface area contributed by atoms with Crippen LogP contribution in [0.3, 0.4) is 0 Å². The van der Waals surface area contributed by atoms with Crippen molar-refractivity contribution < 1.29 is 9.32 Å². The SMILES string of the molecule is CC(C)(C)C(=O)N1CCCC(c2nc(-c3cccc(Cl)c3)no2)C1. The number of aromatic nitrogens is 2. The van der Waals surface area contributed by atoms with Crippen molar-refractivity contribution in [1.82, 2.24) is 15.0 Å². The number of halogens is 1. The van der Waals surface area contributed by atoms with Crippen molar-refractivity contribution in [3.8, 4) is 11.4 Å². The van der Waals surface area contributed by atoms with E-state index in [1.54, 1.807) is 0 Å². The van der Waals surface area contributed by atoms with Crippen molar-refractivity contribution in [3.05, 3.63) is 35.2 Å². The molecule has 0 spiro atoms. The zero-order valence-corrected chi connectivity index (χ0v) is 15.0. The molecule has 2 aromatic rings. The highest BCUT2D eigenvalue weighted by Crippen LogP contribution is 2.30. The summed E-state index contributed by atoms with van der Waals surface area (Å²) in [4.78, 5) is 18.9. The Morgan fingerprint density at radius 1 is 1.38 bits per heavy atom. The molecule has 2 heterocycles. The third-order valence-corrected chi connectivity index (χ3v) is 4.46. The quantitative estimate of drug-likeness (QED) is 0.819. The lowest BCUT2D eigenvalue weighted by molar-refractivity contribution is -0.140. The van der Waals surface area contributed by atoms with Crippen molar-refractivity contribution in [3.63, 3.8) is 0 Å². The van der Waals surface area contributed by atoms with Gasteiger partial charge in [-0.3, -0.25) is 4.79 Å². The van der Waals surface area contributed by atoms with E-state index in [0.717, 1.165) is 24.9 Å². The highest BCUT2D eigenvalue weighted by Gasteiger charge is 2.33. The van der Waals surface area contributed by atoms with E-state index in [9.17, 15) is 4.79 Å². The molecule has 1 atom stereocenters. The first-order chi connectivity index (χ1) is 11.3. The van der Waals surface area contributed by atoms with Gasteiger partial charge in [0.05, 0.1) is 5.92 Å². The number of piperidine rings is 1. The molecule has 128 valence electrons. The molecule has 0 N–H and O–H groups in total. The molecule has 0 bridgehead atoms. The number of amides is 1. The molecule has 1 unspecified atom stereocenters.